The van der Waals surface area contributed by atoms with Crippen LogP contribution < -0.4 is 10.6 Å². The van der Waals surface area contributed by atoms with E-state index in [1.807, 2.05) is 0 Å². The number of hydrogen-bond acceptors (Lipinski definition) is 4. The first-order chi connectivity index (χ1) is 7.22. The van der Waals surface area contributed by atoms with Crippen molar-refractivity contribution in [2.45, 2.75) is 40.2 Å². The molecule has 1 aromatic rings. The Balaban J connectivity index is 2.75. The van der Waals surface area contributed by atoms with Crippen LogP contribution in [-0.2, 0) is 6.54 Å². The highest BCUT2D eigenvalue weighted by Gasteiger charge is 2.10. The van der Waals surface area contributed by atoms with E-state index in [4.69, 9.17) is 5.73 Å². The average Bonchev–Trinajstić information content (AvgIpc) is 2.59. The number of nitrogens with two attached hydrogens (primary N) is 1. The number of unbranched alkanes of at least 4 members (excludes halogenated alkanes) is 1. The van der Waals surface area contributed by atoms with E-state index < -0.39 is 0 Å². The molecule has 0 fully saturated rings. The summed E-state index contributed by atoms with van der Waals surface area (Å²) in [4.78, 5) is 6.36. The maximum absolute atomic E-state index is 5.79. The zero-order valence-electron chi connectivity index (χ0n) is 9.90. The van der Waals surface area contributed by atoms with Crippen molar-refractivity contribution in [1.82, 2.24) is 14.8 Å². The van der Waals surface area contributed by atoms with E-state index in [9.17, 15) is 0 Å². The molecule has 1 heterocycles. The Morgan fingerprint density at radius 1 is 1.27 bits per heavy atom. The number of nitrogens with zero attached hydrogens (tertiary/aromatic N) is 4. The molecule has 5 nitrogen and oxygen atoms in total. The van der Waals surface area contributed by atoms with Gasteiger partial charge in [-0.2, -0.15) is 4.98 Å². The summed E-state index contributed by atoms with van der Waals surface area (Å²) in [6.45, 7) is 9.01. The number of rotatable bonds is 6. The molecule has 1 aromatic heterocycles. The maximum atomic E-state index is 5.79. The Labute approximate surface area is 91.3 Å². The molecule has 0 spiro atoms. The van der Waals surface area contributed by atoms with Crippen LogP contribution in [0.25, 0.3) is 0 Å². The molecule has 0 aliphatic rings. The number of aryl methyl sites for hydroxylation is 1. The summed E-state index contributed by atoms with van der Waals surface area (Å²) in [5.41, 5.74) is 5.79. The standard InChI is InChI=1S/C10H21N5/c1-4-7-8-15-9(11)12-10(13-15)14(5-2)6-3/h4-8H2,1-3H3,(H2,11,12,13). The molecule has 5 heteroatoms. The van der Waals surface area contributed by atoms with Gasteiger partial charge in [-0.3, -0.25) is 0 Å². The first-order valence-electron chi connectivity index (χ1n) is 5.68. The molecule has 0 unspecified atom stereocenters. The van der Waals surface area contributed by atoms with Crippen molar-refractivity contribution in [2.75, 3.05) is 23.7 Å². The Kier molecular flexibility index (Phi) is 4.39. The normalized spacial score (nSPS) is 10.6. The van der Waals surface area contributed by atoms with Crippen molar-refractivity contribution in [1.29, 1.82) is 0 Å². The molecule has 0 radical (unpaired) electrons. The van der Waals surface area contributed by atoms with Crippen LogP contribution in [-0.4, -0.2) is 27.9 Å². The molecular formula is C10H21N5. The molecule has 0 bridgehead atoms. The number of aromatic nitrogens is 3. The molecule has 0 saturated carbocycles. The molecular weight excluding hydrogens is 190 g/mol. The molecule has 15 heavy (non-hydrogen) atoms. The summed E-state index contributed by atoms with van der Waals surface area (Å²) in [7, 11) is 0. The summed E-state index contributed by atoms with van der Waals surface area (Å²) in [6, 6.07) is 0. The SMILES string of the molecule is CCCCn1nc(N(CC)CC)nc1N. The smallest absolute Gasteiger partial charge is 0.246 e. The Hall–Kier alpha value is -1.26. The molecule has 0 aliphatic heterocycles. The van der Waals surface area contributed by atoms with Crippen LogP contribution in [0, 0.1) is 0 Å². The van der Waals surface area contributed by atoms with E-state index in [-0.39, 0.29) is 0 Å². The highest BCUT2D eigenvalue weighted by molar-refractivity contribution is 5.34. The van der Waals surface area contributed by atoms with Gasteiger partial charge in [0.05, 0.1) is 0 Å². The lowest BCUT2D eigenvalue weighted by Gasteiger charge is -2.15. The average molecular weight is 211 g/mol. The van der Waals surface area contributed by atoms with Crippen molar-refractivity contribution in [3.8, 4) is 0 Å². The lowest BCUT2D eigenvalue weighted by Crippen LogP contribution is -2.23. The van der Waals surface area contributed by atoms with E-state index in [2.05, 4.69) is 35.8 Å². The first kappa shape index (κ1) is 11.8. The molecule has 0 aliphatic carbocycles. The minimum atomic E-state index is 0.519. The number of hydrogen-bond donors (Lipinski definition) is 1. The van der Waals surface area contributed by atoms with Gasteiger partial charge >= 0.3 is 0 Å². The van der Waals surface area contributed by atoms with E-state index >= 15 is 0 Å². The maximum Gasteiger partial charge on any atom is 0.246 e. The summed E-state index contributed by atoms with van der Waals surface area (Å²) >= 11 is 0. The van der Waals surface area contributed by atoms with Gasteiger partial charge in [0.2, 0.25) is 11.9 Å². The Morgan fingerprint density at radius 3 is 2.47 bits per heavy atom. The summed E-state index contributed by atoms with van der Waals surface area (Å²) in [5.74, 6) is 1.26. The second-order valence-corrected chi connectivity index (χ2v) is 3.52. The first-order valence-corrected chi connectivity index (χ1v) is 5.68. The summed E-state index contributed by atoms with van der Waals surface area (Å²) in [5, 5.41) is 4.40. The van der Waals surface area contributed by atoms with Crippen molar-refractivity contribution >= 4 is 11.9 Å². The number of nitrogen functional groups attached to an aromatic ring is 1. The highest BCUT2D eigenvalue weighted by atomic mass is 15.4. The van der Waals surface area contributed by atoms with E-state index in [1.165, 1.54) is 0 Å². The fourth-order valence-corrected chi connectivity index (χ4v) is 1.45. The fourth-order valence-electron chi connectivity index (χ4n) is 1.45. The van der Waals surface area contributed by atoms with Gasteiger partial charge in [0.15, 0.2) is 0 Å². The van der Waals surface area contributed by atoms with Crippen molar-refractivity contribution in [2.24, 2.45) is 0 Å². The van der Waals surface area contributed by atoms with Gasteiger partial charge in [-0.05, 0) is 20.3 Å². The van der Waals surface area contributed by atoms with Gasteiger partial charge in [0.1, 0.15) is 0 Å². The quantitative estimate of drug-likeness (QED) is 0.774. The van der Waals surface area contributed by atoms with Crippen LogP contribution in [0.2, 0.25) is 0 Å². The zero-order valence-corrected chi connectivity index (χ0v) is 9.90. The van der Waals surface area contributed by atoms with Crippen LogP contribution in [0.1, 0.15) is 33.6 Å². The Bertz CT molecular complexity index is 290. The van der Waals surface area contributed by atoms with Gasteiger partial charge in [0, 0.05) is 19.6 Å². The largest absolute Gasteiger partial charge is 0.368 e. The summed E-state index contributed by atoms with van der Waals surface area (Å²) in [6.07, 6.45) is 2.23. The zero-order chi connectivity index (χ0) is 11.3. The van der Waals surface area contributed by atoms with Crippen LogP contribution in [0.4, 0.5) is 11.9 Å². The third kappa shape index (κ3) is 2.84. The van der Waals surface area contributed by atoms with Crippen LogP contribution in [0.5, 0.6) is 0 Å². The summed E-state index contributed by atoms with van der Waals surface area (Å²) < 4.78 is 1.79. The highest BCUT2D eigenvalue weighted by Crippen LogP contribution is 2.11. The van der Waals surface area contributed by atoms with Crippen molar-refractivity contribution in [3.05, 3.63) is 0 Å². The predicted molar refractivity (Wildman–Crippen MR) is 62.9 cm³/mol. The van der Waals surface area contributed by atoms with Gasteiger partial charge < -0.3 is 10.6 Å². The molecule has 0 atom stereocenters. The minimum absolute atomic E-state index is 0.519. The van der Waals surface area contributed by atoms with Crippen LogP contribution in [0.3, 0.4) is 0 Å². The lowest BCUT2D eigenvalue weighted by atomic mass is 10.3. The monoisotopic (exact) mass is 211 g/mol. The van der Waals surface area contributed by atoms with Gasteiger partial charge in [0.25, 0.3) is 0 Å². The lowest BCUT2D eigenvalue weighted by molar-refractivity contribution is 0.576. The van der Waals surface area contributed by atoms with E-state index in [0.29, 0.717) is 5.95 Å². The van der Waals surface area contributed by atoms with Gasteiger partial charge in [-0.25, -0.2) is 4.68 Å². The van der Waals surface area contributed by atoms with Crippen molar-refractivity contribution < 1.29 is 0 Å². The molecule has 0 saturated heterocycles. The topological polar surface area (TPSA) is 60.0 Å². The molecule has 1 rings (SSSR count). The molecule has 0 amide bonds. The van der Waals surface area contributed by atoms with E-state index in [0.717, 1.165) is 38.4 Å². The fraction of sp³-hybridized carbons (Fsp3) is 0.800. The third-order valence-electron chi connectivity index (χ3n) is 2.46. The third-order valence-corrected chi connectivity index (χ3v) is 2.46. The van der Waals surface area contributed by atoms with E-state index in [1.54, 1.807) is 4.68 Å². The number of anilines is 2. The van der Waals surface area contributed by atoms with Crippen LogP contribution in [0.15, 0.2) is 0 Å². The predicted octanol–water partition coefficient (Wildman–Crippen LogP) is 1.51. The minimum Gasteiger partial charge on any atom is -0.368 e. The van der Waals surface area contributed by atoms with Crippen molar-refractivity contribution in [3.63, 3.8) is 0 Å². The Morgan fingerprint density at radius 2 is 1.93 bits per heavy atom. The van der Waals surface area contributed by atoms with Gasteiger partial charge in [-0.1, -0.05) is 13.3 Å². The molecule has 86 valence electrons. The second-order valence-electron chi connectivity index (χ2n) is 3.52. The second kappa shape index (κ2) is 5.58. The molecule has 2 N–H and O–H groups in total. The molecule has 0 aromatic carbocycles. The van der Waals surface area contributed by atoms with Gasteiger partial charge in [-0.15, -0.1) is 5.10 Å². The van der Waals surface area contributed by atoms with Crippen LogP contribution >= 0.6 is 0 Å².